The molecule has 5 heteroatoms. The summed E-state index contributed by atoms with van der Waals surface area (Å²) in [5.74, 6) is 0.991. The zero-order valence-corrected chi connectivity index (χ0v) is 9.20. The summed E-state index contributed by atoms with van der Waals surface area (Å²) >= 11 is 0. The predicted octanol–water partition coefficient (Wildman–Crippen LogP) is 1.89. The molecule has 0 amide bonds. The molecule has 0 fully saturated rings. The molecule has 0 atom stereocenters. The third-order valence-corrected chi connectivity index (χ3v) is 1.60. The molecule has 0 spiro atoms. The minimum Gasteiger partial charge on any atom is -2.00 e. The topological polar surface area (TPSA) is 66.2 Å². The summed E-state index contributed by atoms with van der Waals surface area (Å²) in [6.07, 6.45) is 4.75. The summed E-state index contributed by atoms with van der Waals surface area (Å²) in [5, 5.41) is 0. The third-order valence-electron chi connectivity index (χ3n) is 1.60. The Labute approximate surface area is 104 Å². The maximum Gasteiger partial charge on any atom is 2.00 e. The van der Waals surface area contributed by atoms with Crippen LogP contribution in [0.4, 0.5) is 0 Å². The Kier molecular flexibility index (Phi) is 12.8. The van der Waals surface area contributed by atoms with Crippen LogP contribution < -0.4 is 4.74 Å². The van der Waals surface area contributed by atoms with Crippen molar-refractivity contribution in [1.29, 1.82) is 0 Å². The van der Waals surface area contributed by atoms with E-state index in [-0.39, 0.29) is 45.1 Å². The Morgan fingerprint density at radius 2 is 1.71 bits per heavy atom. The number of para-hydroxylation sites is 1. The first-order chi connectivity index (χ1) is 4.97. The van der Waals surface area contributed by atoms with E-state index in [9.17, 15) is 0 Å². The molecule has 0 bridgehead atoms. The monoisotopic (exact) mass is 282 g/mol. The van der Waals surface area contributed by atoms with Crippen molar-refractivity contribution < 1.29 is 49.8 Å². The Morgan fingerprint density at radius 1 is 1.07 bits per heavy atom. The Balaban J connectivity index is -0.000000302. The molecule has 2 rings (SSSR count). The smallest absolute Gasteiger partial charge is 2.00 e. The van der Waals surface area contributed by atoms with Crippen LogP contribution in [-0.4, -0.2) is 0 Å². The molecule has 1 aliphatic rings. The first-order valence-electron chi connectivity index (χ1n) is 3.36. The van der Waals surface area contributed by atoms with Crippen molar-refractivity contribution in [2.75, 3.05) is 0 Å². The van der Waals surface area contributed by atoms with Gasteiger partial charge in [-0.15, -0.1) is 0 Å². The van der Waals surface area contributed by atoms with Crippen molar-refractivity contribution in [3.63, 3.8) is 0 Å². The number of rotatable bonds is 0. The fraction of sp³-hybridized carbons (Fsp3) is 0.111. The quantitative estimate of drug-likeness (QED) is 0.670. The normalized spacial score (nSPS) is 10.0. The molecule has 0 unspecified atom stereocenters. The summed E-state index contributed by atoms with van der Waals surface area (Å²) in [7, 11) is 0. The van der Waals surface area contributed by atoms with Gasteiger partial charge in [0.15, 0.2) is 0 Å². The van der Waals surface area contributed by atoms with Crippen LogP contribution in [0.25, 0.3) is 0 Å². The van der Waals surface area contributed by atoms with Gasteiger partial charge in [0.25, 0.3) is 0 Å². The predicted molar refractivity (Wildman–Crippen MR) is 41.3 cm³/mol. The number of benzene rings is 1. The minimum atomic E-state index is 0. The second-order valence-electron chi connectivity index (χ2n) is 2.30. The van der Waals surface area contributed by atoms with Gasteiger partial charge in [0.2, 0.25) is 0 Å². The van der Waals surface area contributed by atoms with Crippen LogP contribution in [0.1, 0.15) is 5.56 Å². The van der Waals surface area contributed by atoms with Crippen molar-refractivity contribution in [1.82, 2.24) is 0 Å². The van der Waals surface area contributed by atoms with Gasteiger partial charge in [0.1, 0.15) is 5.75 Å². The van der Waals surface area contributed by atoms with Crippen molar-refractivity contribution in [3.05, 3.63) is 42.2 Å². The van der Waals surface area contributed by atoms with E-state index in [2.05, 4.69) is 6.07 Å². The van der Waals surface area contributed by atoms with E-state index in [4.69, 9.17) is 4.74 Å². The van der Waals surface area contributed by atoms with E-state index >= 15 is 0 Å². The van der Waals surface area contributed by atoms with Gasteiger partial charge in [-0.3, -0.25) is 0 Å². The van der Waals surface area contributed by atoms with Gasteiger partial charge in [-0.2, -0.15) is 0 Å². The van der Waals surface area contributed by atoms with E-state index < -0.39 is 0 Å². The summed E-state index contributed by atoms with van der Waals surface area (Å²) in [6, 6.07) is 8.08. The fourth-order valence-electron chi connectivity index (χ4n) is 1.08. The fourth-order valence-corrected chi connectivity index (χ4v) is 1.08. The first-order valence-corrected chi connectivity index (χ1v) is 3.36. The maximum atomic E-state index is 5.24. The summed E-state index contributed by atoms with van der Waals surface area (Å²) in [6.45, 7) is 0. The standard InChI is InChI=1S/C9H8O.Cu.Mn.2O/c1-2-6-9-8(4-1)5-3-7-10-9;;;;/h1-4,6-7H,5H2;;;;/q;2*+2;2*-2. The van der Waals surface area contributed by atoms with Crippen LogP contribution in [-0.2, 0) is 51.5 Å². The SMILES string of the molecule is C1=COc2ccccc2C1.[Cu+2].[Mn+2].[O-2].[O-2]. The third kappa shape index (κ3) is 4.29. The van der Waals surface area contributed by atoms with Crippen LogP contribution in [0.5, 0.6) is 5.75 Å². The van der Waals surface area contributed by atoms with Gasteiger partial charge < -0.3 is 15.7 Å². The van der Waals surface area contributed by atoms with E-state index in [1.54, 1.807) is 6.26 Å². The molecule has 0 N–H and O–H groups in total. The molecular formula is C9H8CuMnO3. The van der Waals surface area contributed by atoms with Gasteiger partial charge in [-0.1, -0.05) is 18.2 Å². The zero-order chi connectivity index (χ0) is 6.81. The van der Waals surface area contributed by atoms with Crippen LogP contribution in [0.2, 0.25) is 0 Å². The van der Waals surface area contributed by atoms with Gasteiger partial charge in [0.05, 0.1) is 6.26 Å². The largest absolute Gasteiger partial charge is 2.00 e. The molecule has 1 heterocycles. The summed E-state index contributed by atoms with van der Waals surface area (Å²) < 4.78 is 5.24. The summed E-state index contributed by atoms with van der Waals surface area (Å²) in [4.78, 5) is 0. The molecule has 14 heavy (non-hydrogen) atoms. The van der Waals surface area contributed by atoms with E-state index in [1.165, 1.54) is 5.56 Å². The van der Waals surface area contributed by atoms with Crippen molar-refractivity contribution in [2.45, 2.75) is 6.42 Å². The Bertz CT molecular complexity index is 252. The van der Waals surface area contributed by atoms with Crippen LogP contribution in [0.15, 0.2) is 36.6 Å². The number of allylic oxidation sites excluding steroid dienone is 1. The van der Waals surface area contributed by atoms with Crippen LogP contribution in [0.3, 0.4) is 0 Å². The molecule has 1 aliphatic heterocycles. The Hall–Kier alpha value is -0.281. The first kappa shape index (κ1) is 19.3. The van der Waals surface area contributed by atoms with E-state index in [0.717, 1.165) is 12.2 Å². The van der Waals surface area contributed by atoms with Crippen LogP contribution >= 0.6 is 0 Å². The number of hydrogen-bond donors (Lipinski definition) is 0. The van der Waals surface area contributed by atoms with Crippen molar-refractivity contribution in [3.8, 4) is 5.75 Å². The number of fused-ring (bicyclic) bond motifs is 1. The molecule has 2 radical (unpaired) electrons. The van der Waals surface area contributed by atoms with Gasteiger partial charge in [-0.25, -0.2) is 0 Å². The van der Waals surface area contributed by atoms with E-state index in [0.29, 0.717) is 0 Å². The van der Waals surface area contributed by atoms with Gasteiger partial charge in [0, 0.05) is 0 Å². The molecule has 0 aromatic heterocycles. The van der Waals surface area contributed by atoms with Crippen molar-refractivity contribution >= 4 is 0 Å². The average molecular weight is 283 g/mol. The molecular weight excluding hydrogens is 275 g/mol. The summed E-state index contributed by atoms with van der Waals surface area (Å²) in [5.41, 5.74) is 1.27. The molecule has 0 saturated carbocycles. The van der Waals surface area contributed by atoms with Crippen LogP contribution in [0, 0.1) is 0 Å². The van der Waals surface area contributed by atoms with E-state index in [1.807, 2.05) is 24.3 Å². The second-order valence-corrected chi connectivity index (χ2v) is 2.30. The molecule has 80 valence electrons. The van der Waals surface area contributed by atoms with Gasteiger partial charge in [-0.05, 0) is 24.1 Å². The zero-order valence-electron chi connectivity index (χ0n) is 7.08. The van der Waals surface area contributed by atoms with Gasteiger partial charge >= 0.3 is 34.1 Å². The Morgan fingerprint density at radius 3 is 2.36 bits per heavy atom. The number of hydrogen-bond acceptors (Lipinski definition) is 1. The molecule has 0 aliphatic carbocycles. The molecule has 0 saturated heterocycles. The molecule has 1 aromatic carbocycles. The minimum absolute atomic E-state index is 0. The maximum absolute atomic E-state index is 5.24. The average Bonchev–Trinajstić information content (AvgIpc) is 2.05. The molecule has 1 aromatic rings. The molecule has 3 nitrogen and oxygen atoms in total. The second kappa shape index (κ2) is 9.28. The number of ether oxygens (including phenoxy) is 1. The van der Waals surface area contributed by atoms with Crippen molar-refractivity contribution in [2.24, 2.45) is 0 Å².